The Labute approximate surface area is 201 Å². The monoisotopic (exact) mass is 538 g/mol. The number of ether oxygens (including phenoxy) is 3. The summed E-state index contributed by atoms with van der Waals surface area (Å²) in [6, 6.07) is 11.4. The number of aliphatic imine (C=N–C) groups is 1. The lowest BCUT2D eigenvalue weighted by molar-refractivity contribution is 0.156. The molecule has 4 rings (SSSR count). The Morgan fingerprint density at radius 1 is 1.26 bits per heavy atom. The van der Waals surface area contributed by atoms with Crippen molar-refractivity contribution in [1.29, 1.82) is 0 Å². The van der Waals surface area contributed by atoms with Crippen LogP contribution in [0.15, 0.2) is 47.6 Å². The second-order valence-corrected chi connectivity index (χ2v) is 7.93. The molecule has 1 atom stereocenters. The van der Waals surface area contributed by atoms with Gasteiger partial charge in [-0.25, -0.2) is 9.98 Å². The van der Waals surface area contributed by atoms with Gasteiger partial charge in [-0.2, -0.15) is 0 Å². The lowest BCUT2D eigenvalue weighted by Crippen LogP contribution is -2.41. The fraction of sp³-hybridized carbons (Fsp3) is 0.478. The minimum Gasteiger partial charge on any atom is -0.497 e. The number of likely N-dealkylation sites (tertiary alicyclic amines) is 1. The Bertz CT molecular complexity index is 869. The topological polar surface area (TPSA) is 68.2 Å². The highest BCUT2D eigenvalue weighted by atomic mass is 127. The van der Waals surface area contributed by atoms with E-state index in [1.54, 1.807) is 7.11 Å². The Morgan fingerprint density at radius 3 is 2.84 bits per heavy atom. The van der Waals surface area contributed by atoms with E-state index in [-0.39, 0.29) is 24.0 Å². The molecule has 0 saturated carbocycles. The van der Waals surface area contributed by atoms with Crippen LogP contribution in [0.5, 0.6) is 17.4 Å². The molecule has 1 N–H and O–H groups in total. The van der Waals surface area contributed by atoms with Gasteiger partial charge < -0.3 is 24.4 Å². The van der Waals surface area contributed by atoms with Crippen molar-refractivity contribution in [3.8, 4) is 17.4 Å². The first-order chi connectivity index (χ1) is 14.7. The molecule has 168 valence electrons. The fourth-order valence-electron chi connectivity index (χ4n) is 4.03. The van der Waals surface area contributed by atoms with E-state index < -0.39 is 0 Å². The molecule has 0 amide bonds. The Morgan fingerprint density at radius 2 is 2.13 bits per heavy atom. The Kier molecular flexibility index (Phi) is 8.36. The summed E-state index contributed by atoms with van der Waals surface area (Å²) in [6.45, 7) is 7.34. The van der Waals surface area contributed by atoms with Gasteiger partial charge >= 0.3 is 0 Å². The predicted molar refractivity (Wildman–Crippen MR) is 132 cm³/mol. The lowest BCUT2D eigenvalue weighted by Gasteiger charge is -2.25. The molecular formula is C23H31IN4O3. The number of aromatic nitrogens is 1. The standard InChI is InChI=1S/C23H30N4O3.HI/c1-3-24-22(27-11-9-23(16-27)10-12-29-17-23)26-15-18-7-8-21(25-14-18)30-20-6-4-5-19(13-20)28-2;/h4-8,13-14H,3,9-12,15-17H2,1-2H3,(H,24,26);1H. The third-order valence-electron chi connectivity index (χ3n) is 5.73. The summed E-state index contributed by atoms with van der Waals surface area (Å²) in [4.78, 5) is 11.6. The van der Waals surface area contributed by atoms with E-state index in [1.807, 2.05) is 42.6 Å². The van der Waals surface area contributed by atoms with Gasteiger partial charge in [0.25, 0.3) is 0 Å². The van der Waals surface area contributed by atoms with E-state index in [9.17, 15) is 0 Å². The number of methoxy groups -OCH3 is 1. The van der Waals surface area contributed by atoms with E-state index in [4.69, 9.17) is 19.2 Å². The SMILES string of the molecule is CCNC(=NCc1ccc(Oc2cccc(OC)c2)nc1)N1CCC2(CCOC2)C1.I. The maximum Gasteiger partial charge on any atom is 0.219 e. The molecule has 1 aromatic heterocycles. The van der Waals surface area contributed by atoms with Crippen LogP contribution in [0, 0.1) is 5.41 Å². The molecule has 3 heterocycles. The zero-order valence-corrected chi connectivity index (χ0v) is 20.5. The largest absolute Gasteiger partial charge is 0.497 e. The minimum atomic E-state index is 0. The van der Waals surface area contributed by atoms with Gasteiger partial charge in [-0.3, -0.25) is 0 Å². The van der Waals surface area contributed by atoms with Crippen LogP contribution < -0.4 is 14.8 Å². The summed E-state index contributed by atoms with van der Waals surface area (Å²) in [5.41, 5.74) is 1.36. The van der Waals surface area contributed by atoms with Gasteiger partial charge in [-0.05, 0) is 37.5 Å². The number of nitrogens with zero attached hydrogens (tertiary/aromatic N) is 3. The molecule has 2 aliphatic heterocycles. The van der Waals surface area contributed by atoms with Crippen LogP contribution in [0.3, 0.4) is 0 Å². The lowest BCUT2D eigenvalue weighted by atomic mass is 9.87. The number of hydrogen-bond donors (Lipinski definition) is 1. The van der Waals surface area contributed by atoms with Gasteiger partial charge in [0.1, 0.15) is 11.5 Å². The summed E-state index contributed by atoms with van der Waals surface area (Å²) in [6.07, 6.45) is 4.15. The molecule has 1 spiro atoms. The first-order valence-electron chi connectivity index (χ1n) is 10.6. The van der Waals surface area contributed by atoms with Crippen LogP contribution in [0.25, 0.3) is 0 Å². The van der Waals surface area contributed by atoms with Crippen molar-refractivity contribution in [2.45, 2.75) is 26.3 Å². The van der Waals surface area contributed by atoms with E-state index >= 15 is 0 Å². The third kappa shape index (κ3) is 6.00. The van der Waals surface area contributed by atoms with Crippen LogP contribution in [0.4, 0.5) is 0 Å². The number of guanidine groups is 1. The molecule has 2 fully saturated rings. The summed E-state index contributed by atoms with van der Waals surface area (Å²) in [7, 11) is 1.64. The first kappa shape index (κ1) is 23.6. The fourth-order valence-corrected chi connectivity index (χ4v) is 4.03. The number of rotatable bonds is 6. The molecular weight excluding hydrogens is 507 g/mol. The second-order valence-electron chi connectivity index (χ2n) is 7.93. The molecule has 0 bridgehead atoms. The highest BCUT2D eigenvalue weighted by Gasteiger charge is 2.42. The van der Waals surface area contributed by atoms with Gasteiger partial charge in [0.15, 0.2) is 5.96 Å². The normalized spacial score (nSPS) is 20.6. The Balaban J connectivity index is 0.00000272. The molecule has 7 nitrogen and oxygen atoms in total. The Hall–Kier alpha value is -2.07. The number of pyridine rings is 1. The van der Waals surface area contributed by atoms with Gasteiger partial charge in [0, 0.05) is 50.0 Å². The van der Waals surface area contributed by atoms with Crippen LogP contribution >= 0.6 is 24.0 Å². The van der Waals surface area contributed by atoms with Crippen molar-refractivity contribution in [2.24, 2.45) is 10.4 Å². The smallest absolute Gasteiger partial charge is 0.219 e. The molecule has 0 aliphatic carbocycles. The summed E-state index contributed by atoms with van der Waals surface area (Å²) >= 11 is 0. The van der Waals surface area contributed by atoms with Crippen LogP contribution in [-0.4, -0.2) is 55.8 Å². The predicted octanol–water partition coefficient (Wildman–Crippen LogP) is 4.08. The van der Waals surface area contributed by atoms with Crippen molar-refractivity contribution >= 4 is 29.9 Å². The minimum absolute atomic E-state index is 0. The third-order valence-corrected chi connectivity index (χ3v) is 5.73. The average molecular weight is 538 g/mol. The van der Waals surface area contributed by atoms with E-state index in [2.05, 4.69) is 22.1 Å². The van der Waals surface area contributed by atoms with Crippen molar-refractivity contribution in [3.05, 3.63) is 48.2 Å². The van der Waals surface area contributed by atoms with Crippen LogP contribution in [0.1, 0.15) is 25.3 Å². The van der Waals surface area contributed by atoms with E-state index in [0.29, 0.717) is 23.6 Å². The highest BCUT2D eigenvalue weighted by molar-refractivity contribution is 14.0. The van der Waals surface area contributed by atoms with Gasteiger partial charge in [-0.15, -0.1) is 24.0 Å². The molecule has 1 unspecified atom stereocenters. The van der Waals surface area contributed by atoms with E-state index in [0.717, 1.165) is 56.5 Å². The molecule has 2 aliphatic rings. The summed E-state index contributed by atoms with van der Waals surface area (Å²) in [5, 5.41) is 3.43. The molecule has 2 saturated heterocycles. The van der Waals surface area contributed by atoms with Crippen molar-refractivity contribution < 1.29 is 14.2 Å². The number of nitrogens with one attached hydrogen (secondary N) is 1. The highest BCUT2D eigenvalue weighted by Crippen LogP contribution is 2.38. The van der Waals surface area contributed by atoms with Gasteiger partial charge in [-0.1, -0.05) is 12.1 Å². The molecule has 0 radical (unpaired) electrons. The van der Waals surface area contributed by atoms with Crippen LogP contribution in [0.2, 0.25) is 0 Å². The van der Waals surface area contributed by atoms with Crippen molar-refractivity contribution in [3.63, 3.8) is 0 Å². The number of hydrogen-bond acceptors (Lipinski definition) is 5. The molecule has 1 aromatic carbocycles. The summed E-state index contributed by atoms with van der Waals surface area (Å²) in [5.74, 6) is 2.96. The van der Waals surface area contributed by atoms with Gasteiger partial charge in [0.2, 0.25) is 5.88 Å². The molecule has 31 heavy (non-hydrogen) atoms. The molecule has 8 heteroatoms. The first-order valence-corrected chi connectivity index (χ1v) is 10.6. The molecule has 2 aromatic rings. The zero-order chi connectivity index (χ0) is 20.8. The number of halogens is 1. The van der Waals surface area contributed by atoms with Crippen molar-refractivity contribution in [2.75, 3.05) is 40.0 Å². The second kappa shape index (κ2) is 11.0. The van der Waals surface area contributed by atoms with E-state index in [1.165, 1.54) is 6.42 Å². The number of benzene rings is 1. The van der Waals surface area contributed by atoms with Crippen molar-refractivity contribution in [1.82, 2.24) is 15.2 Å². The average Bonchev–Trinajstić information content (AvgIpc) is 3.42. The van der Waals surface area contributed by atoms with Crippen LogP contribution in [-0.2, 0) is 11.3 Å². The summed E-state index contributed by atoms with van der Waals surface area (Å²) < 4.78 is 16.7. The quantitative estimate of drug-likeness (QED) is 0.340. The maximum atomic E-state index is 5.82. The van der Waals surface area contributed by atoms with Gasteiger partial charge in [0.05, 0.1) is 20.3 Å². The zero-order valence-electron chi connectivity index (χ0n) is 18.2. The maximum absolute atomic E-state index is 5.82.